The molecule has 0 saturated heterocycles. The van der Waals surface area contributed by atoms with Crippen LogP contribution in [-0.4, -0.2) is 50.4 Å². The Balaban J connectivity index is 2.26. The molecule has 0 aliphatic rings. The second-order valence-corrected chi connectivity index (χ2v) is 5.78. The third kappa shape index (κ3) is 5.28. The largest absolute Gasteiger partial charge is 0.453 e. The summed E-state index contributed by atoms with van der Waals surface area (Å²) in [4.78, 5) is 27.7. The molecule has 24 heavy (non-hydrogen) atoms. The molecule has 0 spiro atoms. The van der Waals surface area contributed by atoms with E-state index >= 15 is 0 Å². The number of carbonyl (C=O) groups is 1. The predicted molar refractivity (Wildman–Crippen MR) is 88.9 cm³/mol. The van der Waals surface area contributed by atoms with Gasteiger partial charge in [0, 0.05) is 6.54 Å². The van der Waals surface area contributed by atoms with Crippen LogP contribution in [0, 0.1) is 0 Å². The third-order valence-corrected chi connectivity index (χ3v) is 2.85. The number of carbonyl (C=O) groups excluding carboxylic acids is 1. The number of hydrogen-bond acceptors (Lipinski definition) is 8. The molecule has 0 fully saturated rings. The number of aliphatic hydroxyl groups is 1. The van der Waals surface area contributed by atoms with Crippen molar-refractivity contribution in [2.45, 2.75) is 19.4 Å². The zero-order valence-electron chi connectivity index (χ0n) is 13.4. The normalized spacial score (nSPS) is 11.0. The van der Waals surface area contributed by atoms with Gasteiger partial charge in [-0.05, 0) is 37.6 Å². The van der Waals surface area contributed by atoms with Crippen LogP contribution in [0.15, 0.2) is 18.2 Å². The van der Waals surface area contributed by atoms with E-state index < -0.39 is 11.7 Å². The van der Waals surface area contributed by atoms with Crippen LogP contribution < -0.4 is 10.6 Å². The van der Waals surface area contributed by atoms with Crippen LogP contribution in [0.3, 0.4) is 0 Å². The maximum atomic E-state index is 11.2. The zero-order valence-corrected chi connectivity index (χ0v) is 14.1. The highest BCUT2D eigenvalue weighted by Gasteiger charge is 2.15. The molecule has 0 aliphatic carbocycles. The Morgan fingerprint density at radius 2 is 2.04 bits per heavy atom. The molecule has 128 valence electrons. The Labute approximate surface area is 143 Å². The Bertz CT molecular complexity index is 735. The van der Waals surface area contributed by atoms with Crippen molar-refractivity contribution in [1.29, 1.82) is 0 Å². The van der Waals surface area contributed by atoms with Crippen LogP contribution >= 0.6 is 11.6 Å². The summed E-state index contributed by atoms with van der Waals surface area (Å²) in [7, 11) is 1.26. The molecule has 0 unspecified atom stereocenters. The number of rotatable bonds is 5. The van der Waals surface area contributed by atoms with E-state index in [1.54, 1.807) is 32.0 Å². The molecule has 0 atom stereocenters. The molecule has 10 heteroatoms. The van der Waals surface area contributed by atoms with Gasteiger partial charge in [0.2, 0.25) is 11.2 Å². The molecule has 0 radical (unpaired) electrons. The molecule has 0 aliphatic heterocycles. The number of hydrogen-bond donors (Lipinski definition) is 3. The summed E-state index contributed by atoms with van der Waals surface area (Å²) < 4.78 is 4.52. The second kappa shape index (κ2) is 7.37. The van der Waals surface area contributed by atoms with E-state index in [2.05, 4.69) is 35.3 Å². The van der Waals surface area contributed by atoms with E-state index in [4.69, 9.17) is 11.6 Å². The van der Waals surface area contributed by atoms with Crippen molar-refractivity contribution in [2.75, 3.05) is 24.3 Å². The Kier molecular flexibility index (Phi) is 5.47. The van der Waals surface area contributed by atoms with Gasteiger partial charge < -0.3 is 15.2 Å². The molecule has 0 aromatic carbocycles. The van der Waals surface area contributed by atoms with Crippen LogP contribution in [0.1, 0.15) is 13.8 Å². The van der Waals surface area contributed by atoms with Crippen LogP contribution in [0.4, 0.5) is 16.6 Å². The molecule has 2 rings (SSSR count). The van der Waals surface area contributed by atoms with Crippen molar-refractivity contribution in [2.24, 2.45) is 0 Å². The van der Waals surface area contributed by atoms with Crippen molar-refractivity contribution >= 4 is 29.5 Å². The Morgan fingerprint density at radius 1 is 1.29 bits per heavy atom. The van der Waals surface area contributed by atoms with Crippen LogP contribution in [0.2, 0.25) is 5.28 Å². The van der Waals surface area contributed by atoms with Crippen molar-refractivity contribution in [3.05, 3.63) is 23.5 Å². The SMILES string of the molecule is COC(=O)Nc1cccc(-c2nc(Cl)nc(NCC(C)(C)O)n2)n1. The van der Waals surface area contributed by atoms with Crippen molar-refractivity contribution in [1.82, 2.24) is 19.9 Å². The van der Waals surface area contributed by atoms with E-state index in [0.717, 1.165) is 0 Å². The van der Waals surface area contributed by atoms with Crippen molar-refractivity contribution < 1.29 is 14.6 Å². The maximum Gasteiger partial charge on any atom is 0.412 e. The average Bonchev–Trinajstić information content (AvgIpc) is 2.52. The van der Waals surface area contributed by atoms with Gasteiger partial charge in [0.15, 0.2) is 5.82 Å². The fraction of sp³-hybridized carbons (Fsp3) is 0.357. The number of nitrogens with one attached hydrogen (secondary N) is 2. The quantitative estimate of drug-likeness (QED) is 0.746. The highest BCUT2D eigenvalue weighted by molar-refractivity contribution is 6.28. The van der Waals surface area contributed by atoms with Gasteiger partial charge in [0.1, 0.15) is 11.5 Å². The van der Waals surface area contributed by atoms with Crippen LogP contribution in [0.5, 0.6) is 0 Å². The lowest BCUT2D eigenvalue weighted by atomic mass is 10.1. The molecular formula is C14H17ClN6O3. The monoisotopic (exact) mass is 352 g/mol. The smallest absolute Gasteiger partial charge is 0.412 e. The van der Waals surface area contributed by atoms with E-state index in [0.29, 0.717) is 5.69 Å². The van der Waals surface area contributed by atoms with Crippen molar-refractivity contribution in [3.63, 3.8) is 0 Å². The molecule has 9 nitrogen and oxygen atoms in total. The summed E-state index contributed by atoms with van der Waals surface area (Å²) >= 11 is 5.91. The summed E-state index contributed by atoms with van der Waals surface area (Å²) in [6.45, 7) is 3.52. The van der Waals surface area contributed by atoms with E-state index in [1.165, 1.54) is 7.11 Å². The summed E-state index contributed by atoms with van der Waals surface area (Å²) in [5, 5.41) is 15.1. The standard InChI is InChI=1S/C14H17ClN6O3/c1-14(2,23)7-16-12-20-10(19-11(15)21-12)8-5-4-6-9(17-8)18-13(22)24-3/h4-6,23H,7H2,1-3H3,(H,17,18,22)(H,16,19,20,21). The van der Waals surface area contributed by atoms with Gasteiger partial charge in [-0.3, -0.25) is 5.32 Å². The number of methoxy groups -OCH3 is 1. The van der Waals surface area contributed by atoms with Crippen LogP contribution in [0.25, 0.3) is 11.5 Å². The summed E-state index contributed by atoms with van der Waals surface area (Å²) in [5.74, 6) is 0.712. The zero-order chi connectivity index (χ0) is 17.7. The summed E-state index contributed by atoms with van der Waals surface area (Å²) in [5.41, 5.74) is -0.554. The van der Waals surface area contributed by atoms with Gasteiger partial charge in [-0.1, -0.05) is 6.07 Å². The van der Waals surface area contributed by atoms with Gasteiger partial charge in [0.25, 0.3) is 0 Å². The van der Waals surface area contributed by atoms with Crippen molar-refractivity contribution in [3.8, 4) is 11.5 Å². The van der Waals surface area contributed by atoms with E-state index in [1.807, 2.05) is 0 Å². The van der Waals surface area contributed by atoms with Gasteiger partial charge in [-0.15, -0.1) is 0 Å². The predicted octanol–water partition coefficient (Wildman–Crippen LogP) is 1.95. The number of pyridine rings is 1. The minimum Gasteiger partial charge on any atom is -0.453 e. The maximum absolute atomic E-state index is 11.2. The average molecular weight is 353 g/mol. The molecule has 2 aromatic heterocycles. The number of aromatic nitrogens is 4. The third-order valence-electron chi connectivity index (χ3n) is 2.68. The molecule has 1 amide bonds. The Morgan fingerprint density at radius 3 is 2.71 bits per heavy atom. The van der Waals surface area contributed by atoms with Gasteiger partial charge >= 0.3 is 6.09 Å². The minimum atomic E-state index is -0.943. The first-order valence-electron chi connectivity index (χ1n) is 6.97. The highest BCUT2D eigenvalue weighted by Crippen LogP contribution is 2.18. The van der Waals surface area contributed by atoms with Gasteiger partial charge in [0.05, 0.1) is 12.7 Å². The number of ether oxygens (including phenoxy) is 1. The number of anilines is 2. The van der Waals surface area contributed by atoms with Gasteiger partial charge in [-0.25, -0.2) is 9.78 Å². The first-order chi connectivity index (χ1) is 11.3. The lowest BCUT2D eigenvalue weighted by Crippen LogP contribution is -2.30. The molecular weight excluding hydrogens is 336 g/mol. The minimum absolute atomic E-state index is 0.0219. The first-order valence-corrected chi connectivity index (χ1v) is 7.35. The highest BCUT2D eigenvalue weighted by atomic mass is 35.5. The first kappa shape index (κ1) is 17.8. The second-order valence-electron chi connectivity index (χ2n) is 5.44. The molecule has 2 aromatic rings. The molecule has 3 N–H and O–H groups in total. The van der Waals surface area contributed by atoms with E-state index in [9.17, 15) is 9.90 Å². The summed E-state index contributed by atoms with van der Waals surface area (Å²) in [6.07, 6.45) is -0.638. The number of amides is 1. The summed E-state index contributed by atoms with van der Waals surface area (Å²) in [6, 6.07) is 4.93. The lowest BCUT2D eigenvalue weighted by Gasteiger charge is -2.17. The fourth-order valence-electron chi connectivity index (χ4n) is 1.62. The molecule has 0 bridgehead atoms. The molecule has 2 heterocycles. The van der Waals surface area contributed by atoms with Gasteiger partial charge in [-0.2, -0.15) is 15.0 Å². The Hall–Kier alpha value is -2.52. The fourth-order valence-corrected chi connectivity index (χ4v) is 1.78. The van der Waals surface area contributed by atoms with E-state index in [-0.39, 0.29) is 29.4 Å². The number of nitrogens with zero attached hydrogens (tertiary/aromatic N) is 4. The molecule has 0 saturated carbocycles. The topological polar surface area (TPSA) is 122 Å². The van der Waals surface area contributed by atoms with Crippen LogP contribution in [-0.2, 0) is 4.74 Å². The lowest BCUT2D eigenvalue weighted by molar-refractivity contribution is 0.0943. The number of halogens is 1.